The highest BCUT2D eigenvalue weighted by atomic mass is 32.2. The molecule has 0 aromatic heterocycles. The van der Waals surface area contributed by atoms with Crippen molar-refractivity contribution in [3.05, 3.63) is 36.4 Å². The first kappa shape index (κ1) is 13.5. The Balaban J connectivity index is 2.67. The number of carbonyl (C=O) groups excluding carboxylic acids is 2. The predicted molar refractivity (Wildman–Crippen MR) is 71.0 cm³/mol. The summed E-state index contributed by atoms with van der Waals surface area (Å²) < 4.78 is 24.0. The Kier molecular flexibility index (Phi) is 3.28. The quantitative estimate of drug-likeness (QED) is 0.615. The first-order chi connectivity index (χ1) is 8.86. The molecule has 0 bridgehead atoms. The van der Waals surface area contributed by atoms with E-state index >= 15 is 0 Å². The number of Topliss-reactive ketones (excluding diaryl/α,β-unsaturated/α-hetero) is 1. The number of ketones is 1. The maximum atomic E-state index is 12.0. The van der Waals surface area contributed by atoms with Crippen molar-refractivity contribution in [3.63, 3.8) is 0 Å². The molecule has 1 aliphatic rings. The first-order valence-corrected chi connectivity index (χ1v) is 7.31. The first-order valence-electron chi connectivity index (χ1n) is 5.66. The van der Waals surface area contributed by atoms with Gasteiger partial charge in [-0.25, -0.2) is 8.42 Å². The van der Waals surface area contributed by atoms with Crippen LogP contribution in [0.2, 0.25) is 0 Å². The molecule has 2 rings (SSSR count). The van der Waals surface area contributed by atoms with Gasteiger partial charge in [0, 0.05) is 12.1 Å². The summed E-state index contributed by atoms with van der Waals surface area (Å²) in [5, 5.41) is 0. The van der Waals surface area contributed by atoms with E-state index in [2.05, 4.69) is 6.58 Å². The number of rotatable bonds is 3. The fourth-order valence-corrected chi connectivity index (χ4v) is 3.43. The molecule has 0 saturated carbocycles. The lowest BCUT2D eigenvalue weighted by atomic mass is 10.1. The second-order valence-electron chi connectivity index (χ2n) is 4.29. The topological polar surface area (TPSA) is 71.5 Å². The second kappa shape index (κ2) is 4.62. The third-order valence-electron chi connectivity index (χ3n) is 2.92. The van der Waals surface area contributed by atoms with Gasteiger partial charge in [-0.3, -0.25) is 9.59 Å². The minimum atomic E-state index is -3.68. The molecule has 0 radical (unpaired) electrons. The zero-order valence-corrected chi connectivity index (χ0v) is 11.2. The van der Waals surface area contributed by atoms with Crippen LogP contribution in [0.15, 0.2) is 35.7 Å². The molecule has 0 atom stereocenters. The molecule has 0 aliphatic carbocycles. The highest BCUT2D eigenvalue weighted by molar-refractivity contribution is 7.92. The van der Waals surface area contributed by atoms with Crippen LogP contribution < -0.4 is 4.90 Å². The van der Waals surface area contributed by atoms with Crippen LogP contribution in [-0.2, 0) is 14.6 Å². The molecular weight excluding hydrogens is 266 g/mol. The van der Waals surface area contributed by atoms with Crippen molar-refractivity contribution in [3.8, 4) is 0 Å². The fraction of sp³-hybridized carbons (Fsp3) is 0.231. The number of amides is 1. The van der Waals surface area contributed by atoms with Crippen molar-refractivity contribution in [2.45, 2.75) is 11.8 Å². The SMILES string of the molecule is C=CCN1C(=O)CS(=O)(=O)c2cc(C(C)=O)ccc21. The summed E-state index contributed by atoms with van der Waals surface area (Å²) in [6.07, 6.45) is 1.53. The predicted octanol–water partition coefficient (Wildman–Crippen LogP) is 1.20. The normalized spacial score (nSPS) is 16.9. The zero-order chi connectivity index (χ0) is 14.2. The highest BCUT2D eigenvalue weighted by Gasteiger charge is 2.34. The number of sulfone groups is 1. The van der Waals surface area contributed by atoms with Gasteiger partial charge in [-0.05, 0) is 25.1 Å². The molecule has 6 heteroatoms. The number of fused-ring (bicyclic) bond motifs is 1. The summed E-state index contributed by atoms with van der Waals surface area (Å²) in [4.78, 5) is 24.5. The van der Waals surface area contributed by atoms with Crippen LogP contribution in [0, 0.1) is 0 Å². The van der Waals surface area contributed by atoms with E-state index in [1.54, 1.807) is 0 Å². The molecule has 19 heavy (non-hydrogen) atoms. The van der Waals surface area contributed by atoms with Crippen LogP contribution in [0.4, 0.5) is 5.69 Å². The van der Waals surface area contributed by atoms with E-state index in [-0.39, 0.29) is 17.2 Å². The van der Waals surface area contributed by atoms with E-state index < -0.39 is 21.5 Å². The summed E-state index contributed by atoms with van der Waals surface area (Å²) in [5.74, 6) is -1.27. The Hall–Kier alpha value is -1.95. The zero-order valence-electron chi connectivity index (χ0n) is 10.4. The van der Waals surface area contributed by atoms with Crippen LogP contribution in [0.3, 0.4) is 0 Å². The van der Waals surface area contributed by atoms with E-state index in [9.17, 15) is 18.0 Å². The van der Waals surface area contributed by atoms with Gasteiger partial charge >= 0.3 is 0 Å². The van der Waals surface area contributed by atoms with Crippen molar-refractivity contribution < 1.29 is 18.0 Å². The van der Waals surface area contributed by atoms with Crippen LogP contribution in [-0.4, -0.2) is 32.4 Å². The van der Waals surface area contributed by atoms with Gasteiger partial charge in [0.2, 0.25) is 5.91 Å². The number of hydrogen-bond donors (Lipinski definition) is 0. The molecule has 1 heterocycles. The Morgan fingerprint density at radius 1 is 1.47 bits per heavy atom. The van der Waals surface area contributed by atoms with Gasteiger partial charge in [0.1, 0.15) is 5.75 Å². The molecule has 1 aromatic carbocycles. The third kappa shape index (κ3) is 2.31. The Morgan fingerprint density at radius 3 is 2.74 bits per heavy atom. The number of nitrogens with zero attached hydrogens (tertiary/aromatic N) is 1. The summed E-state index contributed by atoms with van der Waals surface area (Å²) in [6.45, 7) is 5.15. The third-order valence-corrected chi connectivity index (χ3v) is 4.54. The Labute approximate surface area is 111 Å². The van der Waals surface area contributed by atoms with Crippen LogP contribution >= 0.6 is 0 Å². The van der Waals surface area contributed by atoms with Gasteiger partial charge in [-0.15, -0.1) is 6.58 Å². The lowest BCUT2D eigenvalue weighted by molar-refractivity contribution is -0.116. The van der Waals surface area contributed by atoms with Gasteiger partial charge in [-0.1, -0.05) is 6.08 Å². The van der Waals surface area contributed by atoms with E-state index in [0.29, 0.717) is 11.3 Å². The van der Waals surface area contributed by atoms with E-state index in [1.807, 2.05) is 0 Å². The molecule has 100 valence electrons. The maximum Gasteiger partial charge on any atom is 0.242 e. The van der Waals surface area contributed by atoms with Crippen LogP contribution in [0.5, 0.6) is 0 Å². The summed E-state index contributed by atoms with van der Waals surface area (Å²) >= 11 is 0. The molecule has 1 amide bonds. The van der Waals surface area contributed by atoms with E-state index in [0.717, 1.165) is 0 Å². The minimum Gasteiger partial charge on any atom is -0.306 e. The van der Waals surface area contributed by atoms with E-state index in [4.69, 9.17) is 0 Å². The average molecular weight is 279 g/mol. The molecule has 1 aromatic rings. The van der Waals surface area contributed by atoms with Crippen molar-refractivity contribution >= 4 is 27.2 Å². The summed E-state index contributed by atoms with van der Waals surface area (Å²) in [7, 11) is -3.68. The van der Waals surface area contributed by atoms with E-state index in [1.165, 1.54) is 36.1 Å². The second-order valence-corrected chi connectivity index (χ2v) is 6.25. The van der Waals surface area contributed by atoms with Crippen molar-refractivity contribution in [1.82, 2.24) is 0 Å². The smallest absolute Gasteiger partial charge is 0.242 e. The van der Waals surface area contributed by atoms with Crippen molar-refractivity contribution in [2.75, 3.05) is 17.2 Å². The van der Waals surface area contributed by atoms with Gasteiger partial charge < -0.3 is 4.90 Å². The monoisotopic (exact) mass is 279 g/mol. The molecule has 0 saturated heterocycles. The highest BCUT2D eigenvalue weighted by Crippen LogP contribution is 2.32. The lowest BCUT2D eigenvalue weighted by Crippen LogP contribution is -2.41. The lowest BCUT2D eigenvalue weighted by Gasteiger charge is -2.28. The number of hydrogen-bond acceptors (Lipinski definition) is 4. The molecule has 1 aliphatic heterocycles. The van der Waals surface area contributed by atoms with Crippen LogP contribution in [0.1, 0.15) is 17.3 Å². The molecular formula is C13H13NO4S. The molecule has 0 fully saturated rings. The number of anilines is 1. The molecule has 5 nitrogen and oxygen atoms in total. The van der Waals surface area contributed by atoms with Crippen molar-refractivity contribution in [2.24, 2.45) is 0 Å². The fourth-order valence-electron chi connectivity index (χ4n) is 1.99. The Morgan fingerprint density at radius 2 is 2.16 bits per heavy atom. The van der Waals surface area contributed by atoms with Gasteiger partial charge in [0.05, 0.1) is 10.6 Å². The van der Waals surface area contributed by atoms with Gasteiger partial charge in [0.25, 0.3) is 0 Å². The Bertz CT molecular complexity index is 676. The maximum absolute atomic E-state index is 12.0. The minimum absolute atomic E-state index is 0.0293. The summed E-state index contributed by atoms with van der Waals surface area (Å²) in [6, 6.07) is 4.34. The largest absolute Gasteiger partial charge is 0.306 e. The number of benzene rings is 1. The standard InChI is InChI=1S/C13H13NO4S/c1-3-6-14-11-5-4-10(9(2)15)7-12(11)19(17,18)8-13(14)16/h3-5,7H,1,6,8H2,2H3. The van der Waals surface area contributed by atoms with Crippen LogP contribution in [0.25, 0.3) is 0 Å². The molecule has 0 spiro atoms. The summed E-state index contributed by atoms with van der Waals surface area (Å²) in [5.41, 5.74) is 0.622. The van der Waals surface area contributed by atoms with Gasteiger partial charge in [-0.2, -0.15) is 0 Å². The molecule has 0 unspecified atom stereocenters. The van der Waals surface area contributed by atoms with Crippen molar-refractivity contribution in [1.29, 1.82) is 0 Å². The number of carbonyl (C=O) groups is 2. The molecule has 0 N–H and O–H groups in total. The average Bonchev–Trinajstić information content (AvgIpc) is 2.33. The van der Waals surface area contributed by atoms with Gasteiger partial charge in [0.15, 0.2) is 15.6 Å².